The van der Waals surface area contributed by atoms with Gasteiger partial charge in [0.2, 0.25) is 0 Å². The van der Waals surface area contributed by atoms with Gasteiger partial charge < -0.3 is 0 Å². The fraction of sp³-hybridized carbons (Fsp3) is 0.162. The average molecular weight is 615 g/mol. The van der Waals surface area contributed by atoms with Crippen LogP contribution in [0.15, 0.2) is 136 Å². The van der Waals surface area contributed by atoms with Crippen LogP contribution in [0.5, 0.6) is 0 Å². The molecule has 0 aliphatic carbocycles. The SMILES string of the molecule is CCCCSc1ccc(-c2nn(-c3ccccc3)cc2/C=C2\C(=O)N(c3ccccc3)N=C2CSc2ccc(C)cc2)cc1. The molecule has 6 rings (SSSR count). The number of para-hydroxylation sites is 2. The van der Waals surface area contributed by atoms with Crippen LogP contribution in [0.1, 0.15) is 30.9 Å². The number of aromatic nitrogens is 2. The molecule has 0 atom stereocenters. The quantitative estimate of drug-likeness (QED) is 0.0845. The van der Waals surface area contributed by atoms with Crippen molar-refractivity contribution in [3.63, 3.8) is 0 Å². The molecule has 0 bridgehead atoms. The largest absolute Gasteiger partial charge is 0.280 e. The van der Waals surface area contributed by atoms with E-state index in [1.54, 1.807) is 11.8 Å². The molecule has 2 heterocycles. The number of hydrogen-bond acceptors (Lipinski definition) is 5. The second-order valence-electron chi connectivity index (χ2n) is 10.6. The van der Waals surface area contributed by atoms with E-state index in [2.05, 4.69) is 62.4 Å². The van der Waals surface area contributed by atoms with Gasteiger partial charge in [-0.25, -0.2) is 4.68 Å². The third kappa shape index (κ3) is 6.90. The molecule has 220 valence electrons. The van der Waals surface area contributed by atoms with Gasteiger partial charge >= 0.3 is 0 Å². The third-order valence-electron chi connectivity index (χ3n) is 7.31. The van der Waals surface area contributed by atoms with Crippen molar-refractivity contribution in [2.45, 2.75) is 36.5 Å². The third-order valence-corrected chi connectivity index (χ3v) is 9.43. The first-order chi connectivity index (χ1) is 21.6. The standard InChI is InChI=1S/C37H34N4OS2/c1-3-4-23-43-32-21-17-28(18-22-32)36-29(25-40(39-36)30-11-7-5-8-12-30)24-34-35(26-44-33-19-15-27(2)16-20-33)38-41(37(34)42)31-13-9-6-10-14-31/h5-22,24-25H,3-4,23,26H2,1-2H3/b34-24-. The highest BCUT2D eigenvalue weighted by molar-refractivity contribution is 8.00. The van der Waals surface area contributed by atoms with E-state index in [-0.39, 0.29) is 5.91 Å². The lowest BCUT2D eigenvalue weighted by Gasteiger charge is -2.11. The number of unbranched alkanes of at least 4 members (excludes halogenated alkanes) is 1. The van der Waals surface area contributed by atoms with Gasteiger partial charge in [0.25, 0.3) is 5.91 Å². The lowest BCUT2D eigenvalue weighted by Crippen LogP contribution is -2.21. The molecule has 0 N–H and O–H groups in total. The van der Waals surface area contributed by atoms with E-state index in [0.717, 1.165) is 44.6 Å². The van der Waals surface area contributed by atoms with Gasteiger partial charge in [0.05, 0.1) is 28.4 Å². The average Bonchev–Trinajstić information content (AvgIpc) is 3.63. The summed E-state index contributed by atoms with van der Waals surface area (Å²) < 4.78 is 1.89. The van der Waals surface area contributed by atoms with Crippen molar-refractivity contribution in [2.75, 3.05) is 16.5 Å². The van der Waals surface area contributed by atoms with Crippen molar-refractivity contribution < 1.29 is 4.79 Å². The molecule has 1 amide bonds. The molecule has 0 radical (unpaired) electrons. The molecule has 5 nitrogen and oxygen atoms in total. The monoisotopic (exact) mass is 614 g/mol. The summed E-state index contributed by atoms with van der Waals surface area (Å²) in [4.78, 5) is 16.4. The first-order valence-corrected chi connectivity index (χ1v) is 16.8. The Morgan fingerprint density at radius 2 is 1.41 bits per heavy atom. The second-order valence-corrected chi connectivity index (χ2v) is 12.8. The van der Waals surface area contributed by atoms with Gasteiger partial charge in [-0.15, -0.1) is 23.5 Å². The summed E-state index contributed by atoms with van der Waals surface area (Å²) in [5.74, 6) is 1.53. The first kappa shape index (κ1) is 29.7. The fourth-order valence-corrected chi connectivity index (χ4v) is 6.71. The van der Waals surface area contributed by atoms with Crippen LogP contribution in [0.4, 0.5) is 5.69 Å². The van der Waals surface area contributed by atoms with Crippen LogP contribution in [0.3, 0.4) is 0 Å². The predicted octanol–water partition coefficient (Wildman–Crippen LogP) is 9.32. The molecule has 44 heavy (non-hydrogen) atoms. The zero-order chi connectivity index (χ0) is 30.3. The van der Waals surface area contributed by atoms with Crippen molar-refractivity contribution in [3.8, 4) is 16.9 Å². The molecule has 0 saturated heterocycles. The van der Waals surface area contributed by atoms with Crippen molar-refractivity contribution in [2.24, 2.45) is 5.10 Å². The minimum absolute atomic E-state index is 0.142. The van der Waals surface area contributed by atoms with Gasteiger partial charge in [0.1, 0.15) is 0 Å². The molecule has 4 aromatic carbocycles. The number of anilines is 1. The maximum Gasteiger partial charge on any atom is 0.280 e. The topological polar surface area (TPSA) is 50.5 Å². The molecule has 0 saturated carbocycles. The molecule has 1 aliphatic heterocycles. The van der Waals surface area contributed by atoms with Crippen LogP contribution in [-0.2, 0) is 4.79 Å². The Morgan fingerprint density at radius 3 is 2.09 bits per heavy atom. The molecule has 7 heteroatoms. The van der Waals surface area contributed by atoms with E-state index in [9.17, 15) is 4.79 Å². The van der Waals surface area contributed by atoms with Crippen molar-refractivity contribution in [1.82, 2.24) is 9.78 Å². The molecule has 5 aromatic rings. The van der Waals surface area contributed by atoms with E-state index in [0.29, 0.717) is 11.3 Å². The molecular weight excluding hydrogens is 581 g/mol. The Bertz CT molecular complexity index is 1780. The van der Waals surface area contributed by atoms with Gasteiger partial charge in [-0.05, 0) is 73.7 Å². The smallest absolute Gasteiger partial charge is 0.267 e. The van der Waals surface area contributed by atoms with E-state index in [1.807, 2.05) is 89.4 Å². The Labute approximate surface area is 267 Å². The minimum Gasteiger partial charge on any atom is -0.267 e. The lowest BCUT2D eigenvalue weighted by atomic mass is 10.0. The zero-order valence-electron chi connectivity index (χ0n) is 24.9. The van der Waals surface area contributed by atoms with Crippen molar-refractivity contribution in [1.29, 1.82) is 0 Å². The lowest BCUT2D eigenvalue weighted by molar-refractivity contribution is -0.114. The maximum absolute atomic E-state index is 14.0. The van der Waals surface area contributed by atoms with Crippen LogP contribution in [0, 0.1) is 6.92 Å². The van der Waals surface area contributed by atoms with E-state index in [4.69, 9.17) is 10.2 Å². The van der Waals surface area contributed by atoms with Gasteiger partial charge in [-0.1, -0.05) is 79.6 Å². The summed E-state index contributed by atoms with van der Waals surface area (Å²) in [7, 11) is 0. The normalized spacial score (nSPS) is 14.0. The summed E-state index contributed by atoms with van der Waals surface area (Å²) in [6, 6.07) is 36.7. The second kappa shape index (κ2) is 14.0. The summed E-state index contributed by atoms with van der Waals surface area (Å²) in [5.41, 5.74) is 6.93. The molecule has 1 aromatic heterocycles. The molecular formula is C37H34N4OS2. The highest BCUT2D eigenvalue weighted by Crippen LogP contribution is 2.32. The number of benzene rings is 4. The molecule has 0 unspecified atom stereocenters. The van der Waals surface area contributed by atoms with Gasteiger partial charge in [-0.3, -0.25) is 4.79 Å². The number of aryl methyl sites for hydroxylation is 1. The molecule has 1 aliphatic rings. The number of amides is 1. The summed E-state index contributed by atoms with van der Waals surface area (Å²) >= 11 is 3.56. The highest BCUT2D eigenvalue weighted by atomic mass is 32.2. The van der Waals surface area contributed by atoms with E-state index < -0.39 is 0 Å². The minimum atomic E-state index is -0.142. The Hall–Kier alpha value is -4.33. The number of thioether (sulfide) groups is 2. The highest BCUT2D eigenvalue weighted by Gasteiger charge is 2.31. The van der Waals surface area contributed by atoms with Crippen molar-refractivity contribution >= 4 is 46.9 Å². The van der Waals surface area contributed by atoms with E-state index in [1.165, 1.54) is 28.3 Å². The van der Waals surface area contributed by atoms with Gasteiger partial charge in [0, 0.05) is 32.9 Å². The predicted molar refractivity (Wildman–Crippen MR) is 186 cm³/mol. The first-order valence-electron chi connectivity index (χ1n) is 14.9. The van der Waals surface area contributed by atoms with Crippen molar-refractivity contribution in [3.05, 3.63) is 132 Å². The number of hydrazone groups is 1. The molecule has 0 spiro atoms. The molecule has 0 fully saturated rings. The Morgan fingerprint density at radius 1 is 0.773 bits per heavy atom. The van der Waals surface area contributed by atoms with Crippen LogP contribution < -0.4 is 5.01 Å². The van der Waals surface area contributed by atoms with Crippen LogP contribution in [0.25, 0.3) is 23.0 Å². The maximum atomic E-state index is 14.0. The Balaban J connectivity index is 1.39. The van der Waals surface area contributed by atoms with Gasteiger partial charge in [0.15, 0.2) is 0 Å². The summed E-state index contributed by atoms with van der Waals surface area (Å²) in [5, 5.41) is 11.4. The number of carbonyl (C=O) groups is 1. The number of nitrogens with zero attached hydrogens (tertiary/aromatic N) is 4. The summed E-state index contributed by atoms with van der Waals surface area (Å²) in [6.45, 7) is 4.30. The van der Waals surface area contributed by atoms with Crippen LogP contribution in [0.2, 0.25) is 0 Å². The number of hydrogen-bond donors (Lipinski definition) is 0. The van der Waals surface area contributed by atoms with Gasteiger partial charge in [-0.2, -0.15) is 15.2 Å². The number of carbonyl (C=O) groups excluding carboxylic acids is 1. The Kier molecular flexibility index (Phi) is 9.44. The zero-order valence-corrected chi connectivity index (χ0v) is 26.5. The van der Waals surface area contributed by atoms with E-state index >= 15 is 0 Å². The summed E-state index contributed by atoms with van der Waals surface area (Å²) in [6.07, 6.45) is 6.36. The fourth-order valence-electron chi connectivity index (χ4n) is 4.87. The van der Waals surface area contributed by atoms with Crippen LogP contribution in [-0.4, -0.2) is 32.9 Å². The number of rotatable bonds is 11. The van der Waals surface area contributed by atoms with Crippen LogP contribution >= 0.6 is 23.5 Å².